The Morgan fingerprint density at radius 3 is 2.93 bits per heavy atom. The maximum atomic E-state index is 12.9. The van der Waals surface area contributed by atoms with E-state index < -0.39 is 6.10 Å². The van der Waals surface area contributed by atoms with Gasteiger partial charge in [0.2, 0.25) is 0 Å². The molecule has 1 saturated heterocycles. The van der Waals surface area contributed by atoms with Gasteiger partial charge >= 0.3 is 0 Å². The van der Waals surface area contributed by atoms with E-state index in [0.29, 0.717) is 35.1 Å². The van der Waals surface area contributed by atoms with Gasteiger partial charge in [-0.2, -0.15) is 0 Å². The molecule has 3 heterocycles. The van der Waals surface area contributed by atoms with Crippen LogP contribution in [-0.4, -0.2) is 46.3 Å². The van der Waals surface area contributed by atoms with E-state index in [0.717, 1.165) is 16.5 Å². The molecule has 4 rings (SSSR count). The van der Waals surface area contributed by atoms with Gasteiger partial charge in [0.15, 0.2) is 0 Å². The highest BCUT2D eigenvalue weighted by Gasteiger charge is 2.26. The Balaban J connectivity index is 1.70. The maximum absolute atomic E-state index is 12.9. The number of aliphatic hydroxyl groups is 1. The molecule has 1 fully saturated rings. The van der Waals surface area contributed by atoms with Gasteiger partial charge in [0.1, 0.15) is 10.8 Å². The number of pyridine rings is 2. The van der Waals surface area contributed by atoms with Crippen LogP contribution < -0.4 is 5.32 Å². The molecule has 2 atom stereocenters. The van der Waals surface area contributed by atoms with E-state index in [-0.39, 0.29) is 24.2 Å². The zero-order valence-corrected chi connectivity index (χ0v) is 17.0. The third-order valence-electron chi connectivity index (χ3n) is 4.94. The summed E-state index contributed by atoms with van der Waals surface area (Å²) in [7, 11) is 0. The number of ether oxygens (including phenoxy) is 1. The fraction of sp³-hybridized carbons (Fsp3) is 0.286. The maximum Gasteiger partial charge on any atom is 0.270 e. The molecule has 0 bridgehead atoms. The molecular formula is C21H19Cl2N3O3. The molecule has 6 nitrogen and oxygen atoms in total. The average Bonchev–Trinajstić information content (AvgIpc) is 2.70. The van der Waals surface area contributed by atoms with Crippen molar-refractivity contribution >= 4 is 40.0 Å². The van der Waals surface area contributed by atoms with Crippen LogP contribution in [0.1, 0.15) is 28.0 Å². The Kier molecular flexibility index (Phi) is 5.96. The molecule has 1 aromatic carbocycles. The number of carbonyl (C=O) groups excluding carboxylic acids is 1. The lowest BCUT2D eigenvalue weighted by molar-refractivity contribution is -0.0261. The Labute approximate surface area is 177 Å². The van der Waals surface area contributed by atoms with E-state index >= 15 is 0 Å². The highest BCUT2D eigenvalue weighted by molar-refractivity contribution is 6.35. The van der Waals surface area contributed by atoms with Gasteiger partial charge in [-0.25, -0.2) is 9.97 Å². The van der Waals surface area contributed by atoms with Crippen LogP contribution in [0.3, 0.4) is 0 Å². The highest BCUT2D eigenvalue weighted by Crippen LogP contribution is 2.27. The minimum atomic E-state index is -0.741. The summed E-state index contributed by atoms with van der Waals surface area (Å²) in [5.74, 6) is -0.355. The van der Waals surface area contributed by atoms with Gasteiger partial charge in [-0.1, -0.05) is 35.3 Å². The van der Waals surface area contributed by atoms with Crippen molar-refractivity contribution in [3.63, 3.8) is 0 Å². The molecule has 3 aromatic rings. The van der Waals surface area contributed by atoms with Crippen molar-refractivity contribution in [3.05, 3.63) is 69.6 Å². The first-order valence-corrected chi connectivity index (χ1v) is 10.0. The first kappa shape index (κ1) is 20.0. The number of benzene rings is 1. The SMILES string of the molecule is O=C(N[C@H]1CCOC[C@@H]1O)c1cc(Cc2ccnc(Cl)c2)c2cccc(Cl)c2n1. The quantitative estimate of drug-likeness (QED) is 0.618. The molecule has 0 saturated carbocycles. The summed E-state index contributed by atoms with van der Waals surface area (Å²) in [6, 6.07) is 10.6. The third-order valence-corrected chi connectivity index (χ3v) is 5.45. The predicted octanol–water partition coefficient (Wildman–Crippen LogP) is 3.41. The number of hydrogen-bond acceptors (Lipinski definition) is 5. The lowest BCUT2D eigenvalue weighted by Crippen LogP contribution is -2.48. The summed E-state index contributed by atoms with van der Waals surface area (Å²) in [6.07, 6.45) is 2.00. The Morgan fingerprint density at radius 2 is 2.14 bits per heavy atom. The van der Waals surface area contributed by atoms with Crippen LogP contribution in [0.2, 0.25) is 10.2 Å². The van der Waals surface area contributed by atoms with Crippen LogP contribution in [0.25, 0.3) is 10.9 Å². The number of amides is 1. The van der Waals surface area contributed by atoms with Gasteiger partial charge in [-0.15, -0.1) is 0 Å². The lowest BCUT2D eigenvalue weighted by atomic mass is 10.00. The van der Waals surface area contributed by atoms with Crippen LogP contribution in [0, 0.1) is 0 Å². The Hall–Kier alpha value is -2.25. The number of fused-ring (bicyclic) bond motifs is 1. The molecule has 1 amide bonds. The second kappa shape index (κ2) is 8.63. The summed E-state index contributed by atoms with van der Waals surface area (Å²) in [6.45, 7) is 0.697. The van der Waals surface area contributed by atoms with Crippen molar-refractivity contribution in [1.29, 1.82) is 0 Å². The molecule has 29 heavy (non-hydrogen) atoms. The number of aromatic nitrogens is 2. The molecule has 1 aliphatic heterocycles. The molecule has 8 heteroatoms. The third kappa shape index (κ3) is 4.51. The fourth-order valence-corrected chi connectivity index (χ4v) is 3.87. The predicted molar refractivity (Wildman–Crippen MR) is 112 cm³/mol. The molecule has 0 spiro atoms. The van der Waals surface area contributed by atoms with Crippen LogP contribution in [0.4, 0.5) is 0 Å². The highest BCUT2D eigenvalue weighted by atomic mass is 35.5. The van der Waals surface area contributed by atoms with E-state index in [4.69, 9.17) is 27.9 Å². The Bertz CT molecular complexity index is 1060. The topological polar surface area (TPSA) is 84.3 Å². The molecule has 2 aromatic heterocycles. The summed E-state index contributed by atoms with van der Waals surface area (Å²) in [4.78, 5) is 21.4. The number of nitrogens with one attached hydrogen (secondary N) is 1. The molecular weight excluding hydrogens is 413 g/mol. The second-order valence-electron chi connectivity index (χ2n) is 6.98. The normalized spacial score (nSPS) is 19.3. The van der Waals surface area contributed by atoms with Gasteiger partial charge in [0.05, 0.1) is 29.3 Å². The van der Waals surface area contributed by atoms with Crippen LogP contribution in [0.5, 0.6) is 0 Å². The molecule has 2 N–H and O–H groups in total. The van der Waals surface area contributed by atoms with Crippen LogP contribution in [0.15, 0.2) is 42.6 Å². The largest absolute Gasteiger partial charge is 0.389 e. The first-order chi connectivity index (χ1) is 14.0. The minimum Gasteiger partial charge on any atom is -0.389 e. The lowest BCUT2D eigenvalue weighted by Gasteiger charge is -2.28. The van der Waals surface area contributed by atoms with Crippen LogP contribution >= 0.6 is 23.2 Å². The smallest absolute Gasteiger partial charge is 0.270 e. The number of rotatable bonds is 4. The number of aliphatic hydroxyl groups excluding tert-OH is 1. The molecule has 0 unspecified atom stereocenters. The van der Waals surface area contributed by atoms with Gasteiger partial charge in [-0.3, -0.25) is 4.79 Å². The van der Waals surface area contributed by atoms with E-state index in [9.17, 15) is 9.90 Å². The van der Waals surface area contributed by atoms with Gasteiger partial charge in [-0.05, 0) is 48.2 Å². The van der Waals surface area contributed by atoms with Gasteiger partial charge in [0, 0.05) is 18.2 Å². The zero-order chi connectivity index (χ0) is 20.4. The minimum absolute atomic E-state index is 0.204. The van der Waals surface area contributed by atoms with Crippen LogP contribution in [-0.2, 0) is 11.2 Å². The first-order valence-electron chi connectivity index (χ1n) is 9.26. The van der Waals surface area contributed by atoms with E-state index in [1.54, 1.807) is 24.4 Å². The monoisotopic (exact) mass is 431 g/mol. The second-order valence-corrected chi connectivity index (χ2v) is 7.77. The number of para-hydroxylation sites is 1. The zero-order valence-electron chi connectivity index (χ0n) is 15.4. The molecule has 150 valence electrons. The Morgan fingerprint density at radius 1 is 1.28 bits per heavy atom. The van der Waals surface area contributed by atoms with E-state index in [1.807, 2.05) is 18.2 Å². The number of nitrogens with zero attached hydrogens (tertiary/aromatic N) is 2. The van der Waals surface area contributed by atoms with Crippen molar-refractivity contribution < 1.29 is 14.6 Å². The summed E-state index contributed by atoms with van der Waals surface area (Å²) >= 11 is 12.4. The molecule has 0 aliphatic carbocycles. The number of halogens is 2. The summed E-state index contributed by atoms with van der Waals surface area (Å²) in [5.41, 5.74) is 2.67. The van der Waals surface area contributed by atoms with E-state index in [2.05, 4.69) is 15.3 Å². The number of carbonyl (C=O) groups is 1. The van der Waals surface area contributed by atoms with E-state index in [1.165, 1.54) is 0 Å². The van der Waals surface area contributed by atoms with Gasteiger partial charge in [0.25, 0.3) is 5.91 Å². The molecule has 1 aliphatic rings. The summed E-state index contributed by atoms with van der Waals surface area (Å²) < 4.78 is 5.22. The van der Waals surface area contributed by atoms with Crippen molar-refractivity contribution in [1.82, 2.24) is 15.3 Å². The standard InChI is InChI=1S/C21H19Cl2N3O3/c22-15-3-1-2-14-13(8-12-4-6-24-19(23)9-12)10-17(25-20(14)15)21(28)26-16-5-7-29-11-18(16)27/h1-4,6,9-10,16,18,27H,5,7-8,11H2,(H,26,28)/t16-,18-/m0/s1. The fourth-order valence-electron chi connectivity index (χ4n) is 3.45. The molecule has 0 radical (unpaired) electrons. The van der Waals surface area contributed by atoms with Crippen molar-refractivity contribution in [2.75, 3.05) is 13.2 Å². The average molecular weight is 432 g/mol. The van der Waals surface area contributed by atoms with Crippen molar-refractivity contribution in [2.24, 2.45) is 0 Å². The van der Waals surface area contributed by atoms with Gasteiger partial charge < -0.3 is 15.2 Å². The summed E-state index contributed by atoms with van der Waals surface area (Å²) in [5, 5.41) is 14.7. The number of hydrogen-bond donors (Lipinski definition) is 2. The van der Waals surface area contributed by atoms with Crippen molar-refractivity contribution in [2.45, 2.75) is 25.0 Å². The van der Waals surface area contributed by atoms with Crippen molar-refractivity contribution in [3.8, 4) is 0 Å².